The highest BCUT2D eigenvalue weighted by Gasteiger charge is 2.15. The van der Waals surface area contributed by atoms with Gasteiger partial charge in [-0.1, -0.05) is 24.3 Å². The number of carbonyl (C=O) groups is 2. The van der Waals surface area contributed by atoms with E-state index in [1.807, 2.05) is 16.8 Å². The Kier molecular flexibility index (Phi) is 3.97. The van der Waals surface area contributed by atoms with Crippen LogP contribution in [-0.4, -0.2) is 21.4 Å². The Morgan fingerprint density at radius 1 is 1.08 bits per heavy atom. The van der Waals surface area contributed by atoms with Gasteiger partial charge in [0.25, 0.3) is 0 Å². The number of carbonyl (C=O) groups excluding carboxylic acids is 1. The molecule has 4 heteroatoms. The molecule has 0 fully saturated rings. The van der Waals surface area contributed by atoms with Crippen LogP contribution in [0.25, 0.3) is 10.9 Å². The Morgan fingerprint density at radius 2 is 1.75 bits per heavy atom. The number of fused-ring (bicyclic) bond motifs is 1. The molecule has 0 saturated carbocycles. The van der Waals surface area contributed by atoms with E-state index in [9.17, 15) is 14.7 Å². The third kappa shape index (κ3) is 2.71. The fourth-order valence-corrected chi connectivity index (χ4v) is 3.11. The highest BCUT2D eigenvalue weighted by atomic mass is 16.4. The predicted octanol–water partition coefficient (Wildman–Crippen LogP) is 4.21. The minimum absolute atomic E-state index is 0.0247. The molecule has 4 nitrogen and oxygen atoms in total. The van der Waals surface area contributed by atoms with Gasteiger partial charge in [0.15, 0.2) is 5.78 Å². The molecule has 24 heavy (non-hydrogen) atoms. The van der Waals surface area contributed by atoms with E-state index in [0.717, 1.165) is 10.9 Å². The number of carboxylic acids is 1. The smallest absolute Gasteiger partial charge is 0.335 e. The Morgan fingerprint density at radius 3 is 2.33 bits per heavy atom. The lowest BCUT2D eigenvalue weighted by molar-refractivity contribution is 0.0697. The first-order valence-corrected chi connectivity index (χ1v) is 7.80. The summed E-state index contributed by atoms with van der Waals surface area (Å²) < 4.78 is 1.97. The summed E-state index contributed by atoms with van der Waals surface area (Å²) in [6.07, 6.45) is 1.82. The van der Waals surface area contributed by atoms with E-state index in [1.54, 1.807) is 18.2 Å². The van der Waals surface area contributed by atoms with Crippen molar-refractivity contribution in [2.45, 2.75) is 27.3 Å². The van der Waals surface area contributed by atoms with Gasteiger partial charge in [-0.25, -0.2) is 4.79 Å². The average molecular weight is 321 g/mol. The summed E-state index contributed by atoms with van der Waals surface area (Å²) in [6.45, 7) is 6.25. The maximum atomic E-state index is 11.9. The summed E-state index contributed by atoms with van der Waals surface area (Å²) in [5.74, 6) is -0.996. The topological polar surface area (TPSA) is 59.3 Å². The Balaban J connectivity index is 2.21. The maximum absolute atomic E-state index is 11.9. The molecular weight excluding hydrogens is 302 g/mol. The third-order valence-electron chi connectivity index (χ3n) is 4.48. The zero-order valence-electron chi connectivity index (χ0n) is 14.0. The van der Waals surface area contributed by atoms with Crippen LogP contribution < -0.4 is 0 Å². The van der Waals surface area contributed by atoms with Crippen LogP contribution in [0.15, 0.2) is 42.6 Å². The molecule has 0 unspecified atom stereocenters. The molecule has 0 radical (unpaired) electrons. The van der Waals surface area contributed by atoms with E-state index in [1.165, 1.54) is 23.6 Å². The summed E-state index contributed by atoms with van der Waals surface area (Å²) in [5, 5.41) is 10.0. The van der Waals surface area contributed by atoms with Gasteiger partial charge in [0.1, 0.15) is 0 Å². The van der Waals surface area contributed by atoms with Crippen LogP contribution in [0.1, 0.15) is 44.3 Å². The van der Waals surface area contributed by atoms with E-state index in [4.69, 9.17) is 0 Å². The van der Waals surface area contributed by atoms with E-state index < -0.39 is 5.97 Å². The number of aromatic carboxylic acids is 1. The van der Waals surface area contributed by atoms with Gasteiger partial charge in [0, 0.05) is 29.2 Å². The van der Waals surface area contributed by atoms with Gasteiger partial charge in [-0.05, 0) is 49.6 Å². The van der Waals surface area contributed by atoms with Crippen LogP contribution in [0.5, 0.6) is 0 Å². The fourth-order valence-electron chi connectivity index (χ4n) is 3.11. The molecule has 0 bridgehead atoms. The molecule has 0 aliphatic carbocycles. The average Bonchev–Trinajstić information content (AvgIpc) is 2.89. The first-order chi connectivity index (χ1) is 11.4. The van der Waals surface area contributed by atoms with Crippen LogP contribution in [0.2, 0.25) is 0 Å². The van der Waals surface area contributed by atoms with Crippen LogP contribution >= 0.6 is 0 Å². The number of aromatic nitrogens is 1. The normalized spacial score (nSPS) is 11.0. The minimum atomic E-state index is -0.971. The Labute approximate surface area is 140 Å². The molecule has 0 atom stereocenters. The van der Waals surface area contributed by atoms with Gasteiger partial charge in [-0.3, -0.25) is 4.79 Å². The van der Waals surface area contributed by atoms with Crippen LogP contribution in [0.3, 0.4) is 0 Å². The van der Waals surface area contributed by atoms with Gasteiger partial charge in [-0.2, -0.15) is 0 Å². The molecule has 3 rings (SSSR count). The van der Waals surface area contributed by atoms with Gasteiger partial charge < -0.3 is 9.67 Å². The second-order valence-electron chi connectivity index (χ2n) is 6.13. The van der Waals surface area contributed by atoms with Gasteiger partial charge in [0.05, 0.1) is 5.56 Å². The van der Waals surface area contributed by atoms with Crippen molar-refractivity contribution in [2.24, 2.45) is 0 Å². The Bertz CT molecular complexity index is 946. The van der Waals surface area contributed by atoms with Gasteiger partial charge in [0.2, 0.25) is 0 Å². The quantitative estimate of drug-likeness (QED) is 0.732. The summed E-state index contributed by atoms with van der Waals surface area (Å²) in [6, 6.07) is 11.0. The Hall–Kier alpha value is -2.88. The van der Waals surface area contributed by atoms with Crippen LogP contribution in [0, 0.1) is 13.8 Å². The monoisotopic (exact) mass is 321 g/mol. The molecule has 1 heterocycles. The molecule has 0 aliphatic rings. The maximum Gasteiger partial charge on any atom is 0.335 e. The zero-order valence-corrected chi connectivity index (χ0v) is 14.0. The standard InChI is InChI=1S/C20H19NO3/c1-12-5-4-6-13(2)17(12)10-21-11-18(14(3)22)16-8-7-15(20(23)24)9-19(16)21/h4-9,11H,10H2,1-3H3,(H,23,24). The second-order valence-corrected chi connectivity index (χ2v) is 6.13. The van der Waals surface area contributed by atoms with Gasteiger partial charge >= 0.3 is 5.97 Å². The lowest BCUT2D eigenvalue weighted by Gasteiger charge is -2.12. The number of rotatable bonds is 4. The molecule has 2 aromatic carbocycles. The number of benzene rings is 2. The van der Waals surface area contributed by atoms with Crippen molar-refractivity contribution in [1.82, 2.24) is 4.57 Å². The number of hydrogen-bond acceptors (Lipinski definition) is 2. The molecule has 3 aromatic rings. The molecule has 0 spiro atoms. The SMILES string of the molecule is CC(=O)c1cn(Cc2c(C)cccc2C)c2cc(C(=O)O)ccc12. The number of Topliss-reactive ketones (excluding diaryl/α,β-unsaturated/α-hetero) is 1. The predicted molar refractivity (Wildman–Crippen MR) is 93.9 cm³/mol. The molecule has 1 N–H and O–H groups in total. The zero-order chi connectivity index (χ0) is 17.4. The van der Waals surface area contributed by atoms with E-state index in [2.05, 4.69) is 26.0 Å². The molecule has 0 amide bonds. The first-order valence-electron chi connectivity index (χ1n) is 7.80. The van der Waals surface area contributed by atoms with E-state index >= 15 is 0 Å². The number of hydrogen-bond donors (Lipinski definition) is 1. The van der Waals surface area contributed by atoms with E-state index in [-0.39, 0.29) is 11.3 Å². The highest BCUT2D eigenvalue weighted by molar-refractivity contribution is 6.08. The fraction of sp³-hybridized carbons (Fsp3) is 0.200. The lowest BCUT2D eigenvalue weighted by Crippen LogP contribution is -2.03. The molecule has 0 saturated heterocycles. The van der Waals surface area contributed by atoms with Crippen molar-refractivity contribution in [3.8, 4) is 0 Å². The van der Waals surface area contributed by atoms with Crippen molar-refractivity contribution in [2.75, 3.05) is 0 Å². The van der Waals surface area contributed by atoms with Crippen LogP contribution in [-0.2, 0) is 6.54 Å². The summed E-state index contributed by atoms with van der Waals surface area (Å²) >= 11 is 0. The van der Waals surface area contributed by atoms with Crippen molar-refractivity contribution in [3.05, 3.63) is 70.4 Å². The van der Waals surface area contributed by atoms with Crippen molar-refractivity contribution < 1.29 is 14.7 Å². The number of carboxylic acid groups (broad SMARTS) is 1. The number of aryl methyl sites for hydroxylation is 2. The number of nitrogens with zero attached hydrogens (tertiary/aromatic N) is 1. The largest absolute Gasteiger partial charge is 0.478 e. The lowest BCUT2D eigenvalue weighted by atomic mass is 10.0. The van der Waals surface area contributed by atoms with Crippen molar-refractivity contribution in [3.63, 3.8) is 0 Å². The van der Waals surface area contributed by atoms with Crippen LogP contribution in [0.4, 0.5) is 0 Å². The summed E-state index contributed by atoms with van der Waals surface area (Å²) in [4.78, 5) is 23.2. The van der Waals surface area contributed by atoms with Gasteiger partial charge in [-0.15, -0.1) is 0 Å². The second kappa shape index (κ2) is 5.96. The molecular formula is C20H19NO3. The number of ketones is 1. The summed E-state index contributed by atoms with van der Waals surface area (Å²) in [5.41, 5.74) is 5.14. The van der Waals surface area contributed by atoms with Crippen molar-refractivity contribution in [1.29, 1.82) is 0 Å². The third-order valence-corrected chi connectivity index (χ3v) is 4.48. The molecule has 1 aromatic heterocycles. The molecule has 0 aliphatic heterocycles. The first kappa shape index (κ1) is 16.0. The highest BCUT2D eigenvalue weighted by Crippen LogP contribution is 2.26. The van der Waals surface area contributed by atoms with E-state index in [0.29, 0.717) is 12.1 Å². The summed E-state index contributed by atoms with van der Waals surface area (Å²) in [7, 11) is 0. The van der Waals surface area contributed by atoms with Crippen molar-refractivity contribution >= 4 is 22.7 Å². The molecule has 122 valence electrons. The minimum Gasteiger partial charge on any atom is -0.478 e.